The first-order valence-electron chi connectivity index (χ1n) is 7.92. The molecule has 0 fully saturated rings. The summed E-state index contributed by atoms with van der Waals surface area (Å²) < 4.78 is 0. The predicted molar refractivity (Wildman–Crippen MR) is 88.5 cm³/mol. The highest BCUT2D eigenvalue weighted by atomic mass is 16.3. The van der Waals surface area contributed by atoms with E-state index in [0.29, 0.717) is 32.5 Å². The van der Waals surface area contributed by atoms with Crippen molar-refractivity contribution in [2.75, 3.05) is 6.54 Å². The summed E-state index contributed by atoms with van der Waals surface area (Å²) in [6.07, 6.45) is -0.201. The number of rotatable bonds is 9. The van der Waals surface area contributed by atoms with E-state index in [4.69, 9.17) is 5.73 Å². The molecule has 3 atom stereocenters. The summed E-state index contributed by atoms with van der Waals surface area (Å²) in [6.45, 7) is 6.78. The van der Waals surface area contributed by atoms with Crippen LogP contribution in [0.25, 0.3) is 0 Å². The summed E-state index contributed by atoms with van der Waals surface area (Å²) >= 11 is 0. The quantitative estimate of drug-likeness (QED) is 0.456. The minimum Gasteiger partial charge on any atom is -0.393 e. The number of benzene rings is 1. The van der Waals surface area contributed by atoms with Crippen molar-refractivity contribution in [1.82, 2.24) is 5.32 Å². The van der Waals surface area contributed by atoms with E-state index in [1.165, 1.54) is 0 Å². The van der Waals surface area contributed by atoms with Gasteiger partial charge in [0.25, 0.3) is 0 Å². The molecular weight excluding hydrogens is 280 g/mol. The topological polar surface area (TPSA) is 98.7 Å². The molecule has 0 aliphatic heterocycles. The van der Waals surface area contributed by atoms with Crippen LogP contribution in [0.15, 0.2) is 12.1 Å². The highest BCUT2D eigenvalue weighted by Crippen LogP contribution is 2.21. The van der Waals surface area contributed by atoms with Crippen molar-refractivity contribution in [2.24, 2.45) is 5.73 Å². The molecule has 0 saturated heterocycles. The van der Waals surface area contributed by atoms with Crippen molar-refractivity contribution in [3.05, 3.63) is 34.4 Å². The van der Waals surface area contributed by atoms with Crippen LogP contribution < -0.4 is 11.1 Å². The number of nitrogens with two attached hydrogens (primary N) is 1. The van der Waals surface area contributed by atoms with Gasteiger partial charge in [-0.05, 0) is 55.9 Å². The molecule has 1 aromatic rings. The van der Waals surface area contributed by atoms with E-state index in [2.05, 4.69) is 5.32 Å². The molecule has 126 valence electrons. The zero-order valence-corrected chi connectivity index (χ0v) is 13.8. The van der Waals surface area contributed by atoms with Crippen LogP contribution in [-0.2, 0) is 25.9 Å². The molecule has 5 nitrogen and oxygen atoms in total. The minimum atomic E-state index is -0.442. The lowest BCUT2D eigenvalue weighted by Crippen LogP contribution is -2.26. The molecule has 3 unspecified atom stereocenters. The number of hydrogen-bond acceptors (Lipinski definition) is 5. The number of hydrogen-bond donors (Lipinski definition) is 5. The summed E-state index contributed by atoms with van der Waals surface area (Å²) in [6, 6.07) is 4.05. The standard InChI is InChI=1S/C17H30N2O3/c1-11(20)4-15-6-14(8-18)7-16(5-12(2)21)17(15)10-19-9-13(3)22/h6-7,11-13,19-22H,4-5,8-10,18H2,1-3H3. The highest BCUT2D eigenvalue weighted by Gasteiger charge is 2.14. The number of aliphatic hydroxyl groups excluding tert-OH is 3. The fourth-order valence-corrected chi connectivity index (χ4v) is 2.62. The van der Waals surface area contributed by atoms with Gasteiger partial charge in [-0.3, -0.25) is 0 Å². The zero-order chi connectivity index (χ0) is 16.7. The molecule has 1 rings (SSSR count). The van der Waals surface area contributed by atoms with Gasteiger partial charge in [-0.15, -0.1) is 0 Å². The first-order chi connectivity index (χ1) is 10.3. The maximum atomic E-state index is 9.74. The van der Waals surface area contributed by atoms with Crippen molar-refractivity contribution >= 4 is 0 Å². The largest absolute Gasteiger partial charge is 0.393 e. The number of nitrogens with one attached hydrogen (secondary N) is 1. The lowest BCUT2D eigenvalue weighted by Gasteiger charge is -2.20. The van der Waals surface area contributed by atoms with Crippen LogP contribution in [0.4, 0.5) is 0 Å². The van der Waals surface area contributed by atoms with Gasteiger partial charge in [0.1, 0.15) is 0 Å². The second-order valence-electron chi connectivity index (χ2n) is 6.18. The van der Waals surface area contributed by atoms with Gasteiger partial charge in [0.2, 0.25) is 0 Å². The Hall–Kier alpha value is -0.980. The van der Waals surface area contributed by atoms with Gasteiger partial charge in [-0.1, -0.05) is 12.1 Å². The third-order valence-corrected chi connectivity index (χ3v) is 3.50. The van der Waals surface area contributed by atoms with Crippen LogP contribution >= 0.6 is 0 Å². The molecule has 0 amide bonds. The van der Waals surface area contributed by atoms with Crippen molar-refractivity contribution < 1.29 is 15.3 Å². The molecule has 0 aliphatic rings. The predicted octanol–water partition coefficient (Wildman–Crippen LogP) is 0.462. The van der Waals surface area contributed by atoms with Gasteiger partial charge in [0.15, 0.2) is 0 Å². The summed E-state index contributed by atoms with van der Waals surface area (Å²) in [5.74, 6) is 0. The molecular formula is C17H30N2O3. The summed E-state index contributed by atoms with van der Waals surface area (Å²) in [4.78, 5) is 0. The molecule has 0 aromatic heterocycles. The van der Waals surface area contributed by atoms with E-state index < -0.39 is 18.3 Å². The summed E-state index contributed by atoms with van der Waals surface area (Å²) in [5, 5.41) is 32.1. The lowest BCUT2D eigenvalue weighted by molar-refractivity contribution is 0.188. The van der Waals surface area contributed by atoms with Crippen LogP contribution in [0.5, 0.6) is 0 Å². The average molecular weight is 310 g/mol. The fourth-order valence-electron chi connectivity index (χ4n) is 2.62. The Kier molecular flexibility index (Phi) is 8.00. The Morgan fingerprint density at radius 2 is 1.45 bits per heavy atom. The molecule has 1 aromatic carbocycles. The van der Waals surface area contributed by atoms with Crippen molar-refractivity contribution in [3.8, 4) is 0 Å². The summed E-state index contributed by atoms with van der Waals surface area (Å²) in [7, 11) is 0. The van der Waals surface area contributed by atoms with E-state index in [1.807, 2.05) is 12.1 Å². The van der Waals surface area contributed by atoms with Crippen LogP contribution in [0.1, 0.15) is 43.0 Å². The smallest absolute Gasteiger partial charge is 0.0636 e. The van der Waals surface area contributed by atoms with Crippen LogP contribution in [0.3, 0.4) is 0 Å². The Morgan fingerprint density at radius 1 is 0.955 bits per heavy atom. The van der Waals surface area contributed by atoms with Crippen LogP contribution in [0, 0.1) is 0 Å². The van der Waals surface area contributed by atoms with E-state index in [1.54, 1.807) is 20.8 Å². The molecule has 0 bridgehead atoms. The van der Waals surface area contributed by atoms with Crippen LogP contribution in [0.2, 0.25) is 0 Å². The Balaban J connectivity index is 3.12. The third-order valence-electron chi connectivity index (χ3n) is 3.50. The molecule has 6 N–H and O–H groups in total. The molecule has 0 saturated carbocycles. The van der Waals surface area contributed by atoms with Crippen LogP contribution in [-0.4, -0.2) is 40.2 Å². The normalized spacial score (nSPS) is 15.6. The van der Waals surface area contributed by atoms with E-state index in [9.17, 15) is 15.3 Å². The summed E-state index contributed by atoms with van der Waals surface area (Å²) in [5.41, 5.74) is 9.95. The SMILES string of the molecule is CC(O)CNCc1c(CC(C)O)cc(CN)cc1CC(C)O. The van der Waals surface area contributed by atoms with Gasteiger partial charge in [0, 0.05) is 19.6 Å². The van der Waals surface area contributed by atoms with Crippen molar-refractivity contribution in [2.45, 2.75) is 65.0 Å². The molecule has 0 heterocycles. The lowest BCUT2D eigenvalue weighted by atomic mass is 9.91. The molecule has 22 heavy (non-hydrogen) atoms. The Labute approximate surface area is 133 Å². The van der Waals surface area contributed by atoms with E-state index >= 15 is 0 Å². The van der Waals surface area contributed by atoms with Crippen molar-refractivity contribution in [1.29, 1.82) is 0 Å². The Morgan fingerprint density at radius 3 is 1.82 bits per heavy atom. The van der Waals surface area contributed by atoms with E-state index in [-0.39, 0.29) is 0 Å². The first kappa shape index (κ1) is 19.1. The van der Waals surface area contributed by atoms with Gasteiger partial charge < -0.3 is 26.4 Å². The molecule has 0 aliphatic carbocycles. The monoisotopic (exact) mass is 310 g/mol. The fraction of sp³-hybridized carbons (Fsp3) is 0.647. The maximum absolute atomic E-state index is 9.74. The maximum Gasteiger partial charge on any atom is 0.0636 e. The molecule has 5 heteroatoms. The van der Waals surface area contributed by atoms with Gasteiger partial charge >= 0.3 is 0 Å². The van der Waals surface area contributed by atoms with Gasteiger partial charge in [-0.25, -0.2) is 0 Å². The van der Waals surface area contributed by atoms with Gasteiger partial charge in [-0.2, -0.15) is 0 Å². The van der Waals surface area contributed by atoms with Crippen molar-refractivity contribution in [3.63, 3.8) is 0 Å². The molecule has 0 radical (unpaired) electrons. The second kappa shape index (κ2) is 9.22. The Bertz CT molecular complexity index is 428. The second-order valence-corrected chi connectivity index (χ2v) is 6.18. The number of aliphatic hydroxyl groups is 3. The zero-order valence-electron chi connectivity index (χ0n) is 13.8. The average Bonchev–Trinajstić information content (AvgIpc) is 2.39. The minimum absolute atomic E-state index is 0.413. The highest BCUT2D eigenvalue weighted by molar-refractivity contribution is 5.40. The molecule has 0 spiro atoms. The van der Waals surface area contributed by atoms with Gasteiger partial charge in [0.05, 0.1) is 18.3 Å². The van der Waals surface area contributed by atoms with E-state index in [0.717, 1.165) is 22.3 Å². The third kappa shape index (κ3) is 6.42. The first-order valence-corrected chi connectivity index (χ1v) is 7.92.